The average molecular weight is 482 g/mol. The molecule has 1 aromatic carbocycles. The molecule has 1 unspecified atom stereocenters. The number of pyridine rings is 1. The van der Waals surface area contributed by atoms with Gasteiger partial charge in [-0.3, -0.25) is 14.4 Å². The number of carbonyl (C=O) groups is 3. The normalized spacial score (nSPS) is 11.9. The molecule has 1 atom stereocenters. The number of hydrogen-bond acceptors (Lipinski definition) is 7. The van der Waals surface area contributed by atoms with Crippen LogP contribution >= 0.6 is 0 Å². The van der Waals surface area contributed by atoms with E-state index in [4.69, 9.17) is 15.6 Å². The van der Waals surface area contributed by atoms with Crippen LogP contribution in [0.3, 0.4) is 0 Å². The van der Waals surface area contributed by atoms with Crippen LogP contribution in [0.2, 0.25) is 0 Å². The number of hydrogen-bond donors (Lipinski definition) is 5. The number of H-pyrrole nitrogens is 1. The molecule has 2 aromatic heterocycles. The molecular weight excluding hydrogens is 456 g/mol. The molecule has 3 aromatic rings. The maximum absolute atomic E-state index is 12.9. The number of fused-ring (bicyclic) bond motifs is 1. The summed E-state index contributed by atoms with van der Waals surface area (Å²) < 4.78 is 6.14. The quantitative estimate of drug-likeness (QED) is 0.248. The number of nitrogens with zero attached hydrogens (tertiary/aromatic N) is 2. The van der Waals surface area contributed by atoms with Gasteiger partial charge in [0, 0.05) is 6.20 Å². The minimum Gasteiger partial charge on any atom is -0.447 e. The lowest BCUT2D eigenvalue weighted by Crippen LogP contribution is -2.45. The predicted octanol–water partition coefficient (Wildman–Crippen LogP) is 0.620. The van der Waals surface area contributed by atoms with Crippen molar-refractivity contribution in [2.75, 3.05) is 18.5 Å². The van der Waals surface area contributed by atoms with E-state index < -0.39 is 29.5 Å². The number of aromatic nitrogens is 3. The number of amides is 3. The lowest BCUT2D eigenvalue weighted by atomic mass is 10.1. The fourth-order valence-electron chi connectivity index (χ4n) is 3.27. The number of aliphatic hydroxyl groups excluding tert-OH is 1. The van der Waals surface area contributed by atoms with Gasteiger partial charge >= 0.3 is 6.09 Å². The van der Waals surface area contributed by atoms with Gasteiger partial charge in [-0.25, -0.2) is 9.78 Å². The summed E-state index contributed by atoms with van der Waals surface area (Å²) >= 11 is 0. The Labute approximate surface area is 199 Å². The van der Waals surface area contributed by atoms with Crippen LogP contribution in [0.4, 0.5) is 10.5 Å². The first-order valence-corrected chi connectivity index (χ1v) is 10.8. The number of rotatable bonds is 11. The highest BCUT2D eigenvalue weighted by molar-refractivity contribution is 5.96. The monoisotopic (exact) mass is 482 g/mol. The highest BCUT2D eigenvalue weighted by atomic mass is 16.6. The number of ether oxygens (including phenoxy) is 1. The maximum Gasteiger partial charge on any atom is 0.407 e. The van der Waals surface area contributed by atoms with E-state index in [1.807, 2.05) is 24.3 Å². The SMILES string of the molecule is NC(=O)/C=C/CCC(NC(=O)OCCO)C(=O)Nc1cccn(Cc2nc3ccccc3[nH]2)c1=O. The third-order valence-corrected chi connectivity index (χ3v) is 4.87. The van der Waals surface area contributed by atoms with E-state index in [9.17, 15) is 19.2 Å². The van der Waals surface area contributed by atoms with Gasteiger partial charge < -0.3 is 35.8 Å². The minimum atomic E-state index is -1.08. The van der Waals surface area contributed by atoms with Crippen LogP contribution < -0.4 is 21.9 Å². The zero-order chi connectivity index (χ0) is 25.2. The fourth-order valence-corrected chi connectivity index (χ4v) is 3.27. The zero-order valence-corrected chi connectivity index (χ0v) is 18.8. The summed E-state index contributed by atoms with van der Waals surface area (Å²) in [5, 5.41) is 13.7. The molecular formula is C23H26N6O6. The molecule has 12 nitrogen and oxygen atoms in total. The van der Waals surface area contributed by atoms with Gasteiger partial charge in [0.15, 0.2) is 0 Å². The van der Waals surface area contributed by atoms with Gasteiger partial charge in [0.1, 0.15) is 24.2 Å². The third kappa shape index (κ3) is 7.27. The van der Waals surface area contributed by atoms with Crippen molar-refractivity contribution in [3.63, 3.8) is 0 Å². The second-order valence-electron chi connectivity index (χ2n) is 7.48. The van der Waals surface area contributed by atoms with E-state index in [1.165, 1.54) is 16.7 Å². The highest BCUT2D eigenvalue weighted by Crippen LogP contribution is 2.11. The Kier molecular flexibility index (Phi) is 8.73. The number of primary amides is 1. The number of imidazole rings is 1. The Hall–Kier alpha value is -4.45. The summed E-state index contributed by atoms with van der Waals surface area (Å²) in [6.07, 6.45) is 3.62. The van der Waals surface area contributed by atoms with E-state index in [0.29, 0.717) is 5.82 Å². The molecule has 0 fully saturated rings. The standard InChI is InChI=1S/C23H26N6O6/c24-19(31)10-4-3-8-17(28-23(34)35-13-12-30)21(32)27-18-9-5-11-29(22(18)33)14-20-25-15-6-1-2-7-16(15)26-20/h1-2,4-7,9-11,17,30H,3,8,12-14H2,(H2,24,31)(H,25,26)(H,27,32)(H,28,34)/b10-4+. The van der Waals surface area contributed by atoms with Crippen LogP contribution in [0.5, 0.6) is 0 Å². The summed E-state index contributed by atoms with van der Waals surface area (Å²) in [5.41, 5.74) is 6.21. The largest absolute Gasteiger partial charge is 0.447 e. The van der Waals surface area contributed by atoms with Gasteiger partial charge in [-0.05, 0) is 43.2 Å². The number of aromatic amines is 1. The summed E-state index contributed by atoms with van der Waals surface area (Å²) in [4.78, 5) is 56.2. The molecule has 0 spiro atoms. The first-order valence-electron chi connectivity index (χ1n) is 10.8. The molecule has 0 bridgehead atoms. The molecule has 0 aliphatic carbocycles. The Balaban J connectivity index is 1.73. The van der Waals surface area contributed by atoms with E-state index in [1.54, 1.807) is 12.3 Å². The number of carbonyl (C=O) groups excluding carboxylic acids is 3. The summed E-state index contributed by atoms with van der Waals surface area (Å²) in [5.74, 6) is -0.725. The van der Waals surface area contributed by atoms with Gasteiger partial charge in [0.05, 0.1) is 24.2 Å². The Morgan fingerprint density at radius 2 is 2.03 bits per heavy atom. The molecule has 0 aliphatic heterocycles. The number of nitrogens with two attached hydrogens (primary N) is 1. The van der Waals surface area contributed by atoms with Crippen LogP contribution in [0.15, 0.2) is 59.5 Å². The zero-order valence-electron chi connectivity index (χ0n) is 18.8. The van der Waals surface area contributed by atoms with Crippen LogP contribution in [0.1, 0.15) is 18.7 Å². The number of para-hydroxylation sites is 2. The van der Waals surface area contributed by atoms with E-state index in [2.05, 4.69) is 20.6 Å². The molecule has 12 heteroatoms. The Bertz CT molecular complexity index is 1250. The van der Waals surface area contributed by atoms with Crippen molar-refractivity contribution >= 4 is 34.6 Å². The second-order valence-corrected chi connectivity index (χ2v) is 7.48. The lowest BCUT2D eigenvalue weighted by molar-refractivity contribution is -0.118. The molecule has 0 saturated heterocycles. The number of alkyl carbamates (subject to hydrolysis) is 1. The summed E-state index contributed by atoms with van der Waals surface area (Å²) in [7, 11) is 0. The van der Waals surface area contributed by atoms with Crippen LogP contribution in [-0.2, 0) is 20.9 Å². The number of anilines is 1. The molecule has 184 valence electrons. The second kappa shape index (κ2) is 12.1. The molecule has 3 amide bonds. The van der Waals surface area contributed by atoms with E-state index in [-0.39, 0.29) is 38.3 Å². The number of benzene rings is 1. The topological polar surface area (TPSA) is 181 Å². The van der Waals surface area contributed by atoms with Crippen LogP contribution in [0.25, 0.3) is 11.0 Å². The molecule has 2 heterocycles. The van der Waals surface area contributed by atoms with Crippen molar-refractivity contribution < 1.29 is 24.2 Å². The van der Waals surface area contributed by atoms with Crippen molar-refractivity contribution in [3.05, 3.63) is 70.9 Å². The molecule has 3 rings (SSSR count). The Morgan fingerprint density at radius 1 is 1.23 bits per heavy atom. The van der Waals surface area contributed by atoms with Gasteiger partial charge in [0.25, 0.3) is 5.56 Å². The fraction of sp³-hybridized carbons (Fsp3) is 0.261. The van der Waals surface area contributed by atoms with Crippen molar-refractivity contribution in [1.82, 2.24) is 19.9 Å². The van der Waals surface area contributed by atoms with Gasteiger partial charge in [-0.2, -0.15) is 0 Å². The van der Waals surface area contributed by atoms with Crippen molar-refractivity contribution in [1.29, 1.82) is 0 Å². The minimum absolute atomic E-state index is 0.0109. The number of aliphatic hydroxyl groups is 1. The highest BCUT2D eigenvalue weighted by Gasteiger charge is 2.22. The number of nitrogens with one attached hydrogen (secondary N) is 3. The molecule has 0 radical (unpaired) electrons. The first-order chi connectivity index (χ1) is 16.9. The van der Waals surface area contributed by atoms with Crippen LogP contribution in [0, 0.1) is 0 Å². The van der Waals surface area contributed by atoms with Gasteiger partial charge in [-0.15, -0.1) is 0 Å². The first kappa shape index (κ1) is 25.2. The summed E-state index contributed by atoms with van der Waals surface area (Å²) in [6.45, 7) is -0.461. The molecule has 0 aliphatic rings. The predicted molar refractivity (Wildman–Crippen MR) is 127 cm³/mol. The van der Waals surface area contributed by atoms with E-state index >= 15 is 0 Å². The van der Waals surface area contributed by atoms with Crippen molar-refractivity contribution in [2.45, 2.75) is 25.4 Å². The van der Waals surface area contributed by atoms with Crippen molar-refractivity contribution in [3.8, 4) is 0 Å². The molecule has 35 heavy (non-hydrogen) atoms. The van der Waals surface area contributed by atoms with Crippen molar-refractivity contribution in [2.24, 2.45) is 5.73 Å². The van der Waals surface area contributed by atoms with Gasteiger partial charge in [0.2, 0.25) is 11.8 Å². The third-order valence-electron chi connectivity index (χ3n) is 4.87. The lowest BCUT2D eigenvalue weighted by Gasteiger charge is -2.18. The molecule has 0 saturated carbocycles. The van der Waals surface area contributed by atoms with Gasteiger partial charge in [-0.1, -0.05) is 18.2 Å². The Morgan fingerprint density at radius 3 is 2.77 bits per heavy atom. The molecule has 6 N–H and O–H groups in total. The smallest absolute Gasteiger partial charge is 0.407 e. The summed E-state index contributed by atoms with van der Waals surface area (Å²) in [6, 6.07) is 9.44. The maximum atomic E-state index is 12.9. The van der Waals surface area contributed by atoms with E-state index in [0.717, 1.165) is 17.1 Å². The number of allylic oxidation sites excluding steroid dienone is 1. The average Bonchev–Trinajstić information content (AvgIpc) is 3.24. The van der Waals surface area contributed by atoms with Crippen LogP contribution in [-0.4, -0.2) is 56.8 Å².